The molecule has 0 spiro atoms. The van der Waals surface area contributed by atoms with Gasteiger partial charge in [-0.3, -0.25) is 4.79 Å². The van der Waals surface area contributed by atoms with Gasteiger partial charge in [-0.2, -0.15) is 0 Å². The van der Waals surface area contributed by atoms with E-state index < -0.39 is 0 Å². The molecule has 0 aliphatic heterocycles. The standard InChI is InChI=1S/C5H4BrNO2/c1-3-4(2-8)5(6)9-7-3/h2H,1H3. The van der Waals surface area contributed by atoms with Gasteiger partial charge in [-0.1, -0.05) is 5.16 Å². The molecule has 0 N–H and O–H groups in total. The summed E-state index contributed by atoms with van der Waals surface area (Å²) in [6.45, 7) is 1.71. The summed E-state index contributed by atoms with van der Waals surface area (Å²) in [5.41, 5.74) is 1.09. The van der Waals surface area contributed by atoms with Crippen LogP contribution in [0.3, 0.4) is 0 Å². The van der Waals surface area contributed by atoms with Crippen LogP contribution in [-0.2, 0) is 0 Å². The van der Waals surface area contributed by atoms with E-state index in [1.54, 1.807) is 6.92 Å². The molecule has 0 aliphatic rings. The summed E-state index contributed by atoms with van der Waals surface area (Å²) < 4.78 is 5.02. The Bertz CT molecular complexity index is 211. The molecule has 3 nitrogen and oxygen atoms in total. The Morgan fingerprint density at radius 2 is 2.44 bits per heavy atom. The van der Waals surface area contributed by atoms with Crippen molar-refractivity contribution in [1.82, 2.24) is 5.16 Å². The lowest BCUT2D eigenvalue weighted by molar-refractivity contribution is 0.112. The van der Waals surface area contributed by atoms with Crippen molar-refractivity contribution < 1.29 is 9.32 Å². The zero-order valence-corrected chi connectivity index (χ0v) is 6.31. The molecule has 48 valence electrons. The number of aryl methyl sites for hydroxylation is 1. The number of carbonyl (C=O) groups is 1. The van der Waals surface area contributed by atoms with Crippen LogP contribution in [0.15, 0.2) is 9.19 Å². The molecule has 1 rings (SSSR count). The van der Waals surface area contributed by atoms with Gasteiger partial charge in [-0.05, 0) is 22.9 Å². The maximum absolute atomic E-state index is 10.2. The number of halogens is 1. The predicted molar refractivity (Wildman–Crippen MR) is 34.3 cm³/mol. The summed E-state index contributed by atoms with van der Waals surface area (Å²) >= 11 is 3.02. The van der Waals surface area contributed by atoms with Crippen molar-refractivity contribution in [3.63, 3.8) is 0 Å². The van der Waals surface area contributed by atoms with E-state index in [-0.39, 0.29) is 0 Å². The first kappa shape index (κ1) is 6.48. The van der Waals surface area contributed by atoms with Crippen molar-refractivity contribution in [3.05, 3.63) is 15.9 Å². The second kappa shape index (κ2) is 2.31. The minimum Gasteiger partial charge on any atom is -0.348 e. The van der Waals surface area contributed by atoms with Crippen LogP contribution in [-0.4, -0.2) is 11.4 Å². The molecule has 0 saturated heterocycles. The topological polar surface area (TPSA) is 43.1 Å². The highest BCUT2D eigenvalue weighted by atomic mass is 79.9. The van der Waals surface area contributed by atoms with Crippen molar-refractivity contribution >= 4 is 22.2 Å². The lowest BCUT2D eigenvalue weighted by Crippen LogP contribution is -1.79. The molecule has 0 aromatic carbocycles. The van der Waals surface area contributed by atoms with Crippen LogP contribution in [0.1, 0.15) is 16.1 Å². The Balaban J connectivity index is 3.22. The van der Waals surface area contributed by atoms with Gasteiger partial charge in [-0.25, -0.2) is 0 Å². The van der Waals surface area contributed by atoms with E-state index in [0.29, 0.717) is 22.2 Å². The fraction of sp³-hybridized carbons (Fsp3) is 0.200. The second-order valence-corrected chi connectivity index (χ2v) is 2.29. The molecule has 1 aromatic rings. The van der Waals surface area contributed by atoms with E-state index in [2.05, 4.69) is 25.6 Å². The maximum Gasteiger partial charge on any atom is 0.212 e. The number of carbonyl (C=O) groups excluding carboxylic acids is 1. The van der Waals surface area contributed by atoms with Crippen LogP contribution in [0.2, 0.25) is 0 Å². The lowest BCUT2D eigenvalue weighted by Gasteiger charge is -1.77. The summed E-state index contributed by atoms with van der Waals surface area (Å²) in [5.74, 6) is 0. The highest BCUT2D eigenvalue weighted by Gasteiger charge is 2.07. The van der Waals surface area contributed by atoms with Gasteiger partial charge in [0.2, 0.25) is 4.67 Å². The molecule has 1 heterocycles. The first-order valence-corrected chi connectivity index (χ1v) is 3.12. The molecule has 0 radical (unpaired) electrons. The SMILES string of the molecule is Cc1noc(Br)c1C=O. The number of aldehydes is 1. The summed E-state index contributed by atoms with van der Waals surface area (Å²) in [7, 11) is 0. The van der Waals surface area contributed by atoms with Crippen molar-refractivity contribution in [2.75, 3.05) is 0 Å². The molecular weight excluding hydrogens is 186 g/mol. The minimum absolute atomic E-state index is 0.398. The van der Waals surface area contributed by atoms with Gasteiger partial charge in [0.15, 0.2) is 6.29 Å². The monoisotopic (exact) mass is 189 g/mol. The van der Waals surface area contributed by atoms with Crippen molar-refractivity contribution in [2.24, 2.45) is 0 Å². The zero-order chi connectivity index (χ0) is 6.85. The van der Waals surface area contributed by atoms with Gasteiger partial charge in [0.1, 0.15) is 0 Å². The zero-order valence-electron chi connectivity index (χ0n) is 4.72. The largest absolute Gasteiger partial charge is 0.348 e. The van der Waals surface area contributed by atoms with Gasteiger partial charge >= 0.3 is 0 Å². The Morgan fingerprint density at radius 3 is 2.67 bits per heavy atom. The van der Waals surface area contributed by atoms with Gasteiger partial charge in [-0.15, -0.1) is 0 Å². The fourth-order valence-corrected chi connectivity index (χ4v) is 0.933. The number of nitrogens with zero attached hydrogens (tertiary/aromatic N) is 1. The summed E-state index contributed by atoms with van der Waals surface area (Å²) in [5, 5.41) is 3.53. The molecule has 0 aliphatic carbocycles. The molecular formula is C5H4BrNO2. The van der Waals surface area contributed by atoms with Crippen LogP contribution in [0.5, 0.6) is 0 Å². The Labute approximate surface area is 60.2 Å². The van der Waals surface area contributed by atoms with E-state index in [0.717, 1.165) is 0 Å². The number of aromatic nitrogens is 1. The third-order valence-electron chi connectivity index (χ3n) is 0.982. The van der Waals surface area contributed by atoms with E-state index in [9.17, 15) is 4.79 Å². The summed E-state index contributed by atoms with van der Waals surface area (Å²) in [6.07, 6.45) is 0.704. The Hall–Kier alpha value is -0.640. The van der Waals surface area contributed by atoms with E-state index in [1.807, 2.05) is 0 Å². The maximum atomic E-state index is 10.2. The van der Waals surface area contributed by atoms with Crippen LogP contribution in [0.4, 0.5) is 0 Å². The van der Waals surface area contributed by atoms with E-state index in [4.69, 9.17) is 0 Å². The quantitative estimate of drug-likeness (QED) is 0.631. The molecule has 0 saturated carbocycles. The highest BCUT2D eigenvalue weighted by Crippen LogP contribution is 2.16. The van der Waals surface area contributed by atoms with Crippen LogP contribution < -0.4 is 0 Å². The Morgan fingerprint density at radius 1 is 1.78 bits per heavy atom. The average Bonchev–Trinajstić information content (AvgIpc) is 2.12. The fourth-order valence-electron chi connectivity index (χ4n) is 0.481. The minimum atomic E-state index is 0.398. The third-order valence-corrected chi connectivity index (χ3v) is 1.55. The molecule has 0 atom stereocenters. The van der Waals surface area contributed by atoms with Gasteiger partial charge < -0.3 is 4.52 Å². The molecule has 0 amide bonds. The second-order valence-electron chi connectivity index (χ2n) is 1.57. The summed E-state index contributed by atoms with van der Waals surface area (Å²) in [6, 6.07) is 0. The van der Waals surface area contributed by atoms with Crippen molar-refractivity contribution in [2.45, 2.75) is 6.92 Å². The molecule has 0 bridgehead atoms. The van der Waals surface area contributed by atoms with Crippen molar-refractivity contribution in [1.29, 1.82) is 0 Å². The normalized spacial score (nSPS) is 9.56. The predicted octanol–water partition coefficient (Wildman–Crippen LogP) is 1.56. The van der Waals surface area contributed by atoms with Crippen LogP contribution in [0.25, 0.3) is 0 Å². The highest BCUT2D eigenvalue weighted by molar-refractivity contribution is 9.10. The molecule has 0 unspecified atom stereocenters. The number of hydrogen-bond donors (Lipinski definition) is 0. The lowest BCUT2D eigenvalue weighted by atomic mass is 10.3. The van der Waals surface area contributed by atoms with Crippen molar-refractivity contribution in [3.8, 4) is 0 Å². The molecule has 0 fully saturated rings. The molecule has 9 heavy (non-hydrogen) atoms. The first-order valence-electron chi connectivity index (χ1n) is 2.32. The van der Waals surface area contributed by atoms with Gasteiger partial charge in [0, 0.05) is 0 Å². The number of rotatable bonds is 1. The third kappa shape index (κ3) is 1.03. The Kier molecular flexibility index (Phi) is 1.66. The summed E-state index contributed by atoms with van der Waals surface area (Å²) in [4.78, 5) is 10.2. The molecule has 4 heteroatoms. The van der Waals surface area contributed by atoms with E-state index >= 15 is 0 Å². The first-order chi connectivity index (χ1) is 4.25. The van der Waals surface area contributed by atoms with E-state index in [1.165, 1.54) is 0 Å². The smallest absolute Gasteiger partial charge is 0.212 e. The van der Waals surface area contributed by atoms with Gasteiger partial charge in [0.25, 0.3) is 0 Å². The number of hydrogen-bond acceptors (Lipinski definition) is 3. The molecule has 1 aromatic heterocycles. The van der Waals surface area contributed by atoms with Crippen LogP contribution >= 0.6 is 15.9 Å². The van der Waals surface area contributed by atoms with Gasteiger partial charge in [0.05, 0.1) is 11.3 Å². The average molecular weight is 190 g/mol. The van der Waals surface area contributed by atoms with Crippen LogP contribution in [0, 0.1) is 6.92 Å².